The highest BCUT2D eigenvalue weighted by molar-refractivity contribution is 4.86. The molecular formula is C11H17F3N4. The second kappa shape index (κ2) is 5.71. The van der Waals surface area contributed by atoms with E-state index in [1.165, 1.54) is 4.90 Å². The summed E-state index contributed by atoms with van der Waals surface area (Å²) in [6.45, 7) is 1.62. The molecule has 0 aromatic carbocycles. The van der Waals surface area contributed by atoms with Crippen LogP contribution in [-0.4, -0.2) is 47.2 Å². The molecule has 1 aromatic heterocycles. The van der Waals surface area contributed by atoms with Crippen LogP contribution >= 0.6 is 0 Å². The minimum atomic E-state index is -4.09. The standard InChI is InChI=1S/C11H17F3N4/c12-11(13,14)8-18-4-1-9(7-18)5-15-6-10-16-2-3-17-10/h2-3,9,15H,1,4-8H2,(H,16,17)/t9-/m1/s1. The molecule has 2 N–H and O–H groups in total. The van der Waals surface area contributed by atoms with E-state index in [0.29, 0.717) is 25.6 Å². The van der Waals surface area contributed by atoms with Gasteiger partial charge in [0.05, 0.1) is 13.1 Å². The zero-order chi connectivity index (χ0) is 13.0. The first-order valence-electron chi connectivity index (χ1n) is 6.01. The quantitative estimate of drug-likeness (QED) is 0.842. The Morgan fingerprint density at radius 2 is 2.33 bits per heavy atom. The Morgan fingerprint density at radius 1 is 1.50 bits per heavy atom. The third-order valence-electron chi connectivity index (χ3n) is 3.05. The van der Waals surface area contributed by atoms with E-state index in [2.05, 4.69) is 15.3 Å². The number of halogens is 3. The summed E-state index contributed by atoms with van der Waals surface area (Å²) in [6, 6.07) is 0. The smallest absolute Gasteiger partial charge is 0.348 e. The van der Waals surface area contributed by atoms with E-state index in [-0.39, 0.29) is 0 Å². The lowest BCUT2D eigenvalue weighted by Gasteiger charge is -2.17. The third-order valence-corrected chi connectivity index (χ3v) is 3.05. The summed E-state index contributed by atoms with van der Waals surface area (Å²) < 4.78 is 36.6. The Kier molecular flexibility index (Phi) is 4.23. The van der Waals surface area contributed by atoms with E-state index < -0.39 is 12.7 Å². The minimum Gasteiger partial charge on any atom is -0.348 e. The van der Waals surface area contributed by atoms with E-state index >= 15 is 0 Å². The Labute approximate surface area is 104 Å². The van der Waals surface area contributed by atoms with Gasteiger partial charge in [-0.15, -0.1) is 0 Å². The van der Waals surface area contributed by atoms with Crippen molar-refractivity contribution in [2.45, 2.75) is 19.1 Å². The van der Waals surface area contributed by atoms with Crippen LogP contribution in [0.3, 0.4) is 0 Å². The van der Waals surface area contributed by atoms with Gasteiger partial charge in [0, 0.05) is 18.9 Å². The fourth-order valence-electron chi connectivity index (χ4n) is 2.27. The van der Waals surface area contributed by atoms with E-state index in [4.69, 9.17) is 0 Å². The summed E-state index contributed by atoms with van der Waals surface area (Å²) in [5, 5.41) is 3.21. The maximum absolute atomic E-state index is 12.2. The van der Waals surface area contributed by atoms with Crippen LogP contribution in [0.2, 0.25) is 0 Å². The molecule has 1 fully saturated rings. The molecule has 0 amide bonds. The summed E-state index contributed by atoms with van der Waals surface area (Å²) in [6.07, 6.45) is 0.160. The van der Waals surface area contributed by atoms with Crippen LogP contribution in [0.15, 0.2) is 12.4 Å². The summed E-state index contributed by atoms with van der Waals surface area (Å²) in [7, 11) is 0. The van der Waals surface area contributed by atoms with Crippen LogP contribution in [0, 0.1) is 5.92 Å². The van der Waals surface area contributed by atoms with Crippen LogP contribution in [0.5, 0.6) is 0 Å². The van der Waals surface area contributed by atoms with Crippen LogP contribution in [-0.2, 0) is 6.54 Å². The first kappa shape index (κ1) is 13.4. The van der Waals surface area contributed by atoms with Crippen LogP contribution < -0.4 is 5.32 Å². The maximum Gasteiger partial charge on any atom is 0.401 e. The van der Waals surface area contributed by atoms with Crippen molar-refractivity contribution in [1.29, 1.82) is 0 Å². The van der Waals surface area contributed by atoms with Crippen molar-refractivity contribution in [3.8, 4) is 0 Å². The predicted octanol–water partition coefficient (Wildman–Crippen LogP) is 1.38. The van der Waals surface area contributed by atoms with E-state index in [1.807, 2.05) is 0 Å². The van der Waals surface area contributed by atoms with Crippen LogP contribution in [0.25, 0.3) is 0 Å². The number of nitrogens with one attached hydrogen (secondary N) is 2. The highest BCUT2D eigenvalue weighted by Crippen LogP contribution is 2.22. The molecule has 2 rings (SSSR count). The molecule has 1 aliphatic heterocycles. The van der Waals surface area contributed by atoms with Crippen LogP contribution in [0.1, 0.15) is 12.2 Å². The summed E-state index contributed by atoms with van der Waals surface area (Å²) in [5.74, 6) is 1.14. The first-order valence-corrected chi connectivity index (χ1v) is 6.01. The highest BCUT2D eigenvalue weighted by atomic mass is 19.4. The summed E-state index contributed by atoms with van der Waals surface area (Å²) >= 11 is 0. The van der Waals surface area contributed by atoms with Gasteiger partial charge in [-0.2, -0.15) is 13.2 Å². The Balaban J connectivity index is 1.64. The molecular weight excluding hydrogens is 245 g/mol. The van der Waals surface area contributed by atoms with Gasteiger partial charge in [0.15, 0.2) is 0 Å². The molecule has 0 aliphatic carbocycles. The molecule has 0 saturated carbocycles. The van der Waals surface area contributed by atoms with E-state index in [1.54, 1.807) is 12.4 Å². The first-order chi connectivity index (χ1) is 8.53. The zero-order valence-electron chi connectivity index (χ0n) is 10.0. The Hall–Kier alpha value is -1.08. The molecule has 2 heterocycles. The average molecular weight is 262 g/mol. The van der Waals surface area contributed by atoms with Crippen molar-refractivity contribution in [1.82, 2.24) is 20.2 Å². The minimum absolute atomic E-state index is 0.294. The fourth-order valence-corrected chi connectivity index (χ4v) is 2.27. The second-order valence-electron chi connectivity index (χ2n) is 4.67. The lowest BCUT2D eigenvalue weighted by atomic mass is 10.1. The average Bonchev–Trinajstić information content (AvgIpc) is 2.88. The van der Waals surface area contributed by atoms with E-state index in [9.17, 15) is 13.2 Å². The van der Waals surface area contributed by atoms with Crippen molar-refractivity contribution in [3.05, 3.63) is 18.2 Å². The van der Waals surface area contributed by atoms with Crippen molar-refractivity contribution in [2.24, 2.45) is 5.92 Å². The topological polar surface area (TPSA) is 44.0 Å². The number of alkyl halides is 3. The number of likely N-dealkylation sites (tertiary alicyclic amines) is 1. The maximum atomic E-state index is 12.2. The number of aromatic amines is 1. The number of nitrogens with zero attached hydrogens (tertiary/aromatic N) is 2. The number of hydrogen-bond acceptors (Lipinski definition) is 3. The van der Waals surface area contributed by atoms with Crippen LogP contribution in [0.4, 0.5) is 13.2 Å². The Morgan fingerprint density at radius 3 is 3.00 bits per heavy atom. The van der Waals surface area contributed by atoms with Gasteiger partial charge in [-0.3, -0.25) is 4.90 Å². The van der Waals surface area contributed by atoms with Crippen molar-refractivity contribution in [3.63, 3.8) is 0 Å². The number of aromatic nitrogens is 2. The molecule has 0 spiro atoms. The number of imidazole rings is 1. The molecule has 0 radical (unpaired) electrons. The molecule has 1 atom stereocenters. The lowest BCUT2D eigenvalue weighted by molar-refractivity contribution is -0.143. The van der Waals surface area contributed by atoms with Gasteiger partial charge < -0.3 is 10.3 Å². The number of hydrogen-bond donors (Lipinski definition) is 2. The van der Waals surface area contributed by atoms with Gasteiger partial charge in [0.1, 0.15) is 5.82 Å². The van der Waals surface area contributed by atoms with Crippen molar-refractivity contribution in [2.75, 3.05) is 26.2 Å². The molecule has 18 heavy (non-hydrogen) atoms. The SMILES string of the molecule is FC(F)(F)CN1CC[C@H](CNCc2ncc[nH]2)C1. The molecule has 102 valence electrons. The van der Waals surface area contributed by atoms with Crippen molar-refractivity contribution < 1.29 is 13.2 Å². The van der Waals surface area contributed by atoms with Gasteiger partial charge in [-0.25, -0.2) is 4.98 Å². The monoisotopic (exact) mass is 262 g/mol. The third kappa shape index (κ3) is 4.30. The molecule has 7 heteroatoms. The van der Waals surface area contributed by atoms with Gasteiger partial charge in [0.25, 0.3) is 0 Å². The predicted molar refractivity (Wildman–Crippen MR) is 60.9 cm³/mol. The van der Waals surface area contributed by atoms with E-state index in [0.717, 1.165) is 18.8 Å². The molecule has 0 unspecified atom stereocenters. The van der Waals surface area contributed by atoms with Gasteiger partial charge in [-0.1, -0.05) is 0 Å². The summed E-state index contributed by atoms with van der Waals surface area (Å²) in [5.41, 5.74) is 0. The second-order valence-corrected chi connectivity index (χ2v) is 4.67. The largest absolute Gasteiger partial charge is 0.401 e. The molecule has 4 nitrogen and oxygen atoms in total. The normalized spacial score (nSPS) is 21.6. The Bertz CT molecular complexity index is 350. The van der Waals surface area contributed by atoms with Gasteiger partial charge in [-0.05, 0) is 25.4 Å². The summed E-state index contributed by atoms with van der Waals surface area (Å²) in [4.78, 5) is 8.51. The molecule has 0 bridgehead atoms. The molecule has 1 aliphatic rings. The molecule has 1 aromatic rings. The highest BCUT2D eigenvalue weighted by Gasteiger charge is 2.34. The number of rotatable bonds is 5. The fraction of sp³-hybridized carbons (Fsp3) is 0.727. The lowest BCUT2D eigenvalue weighted by Crippen LogP contribution is -2.33. The van der Waals surface area contributed by atoms with Gasteiger partial charge in [0.2, 0.25) is 0 Å². The number of H-pyrrole nitrogens is 1. The van der Waals surface area contributed by atoms with Crippen molar-refractivity contribution >= 4 is 0 Å². The van der Waals surface area contributed by atoms with Gasteiger partial charge >= 0.3 is 6.18 Å². The zero-order valence-corrected chi connectivity index (χ0v) is 10.0. The molecule has 1 saturated heterocycles.